The Balaban J connectivity index is 1.66. The molecule has 1 aliphatic rings. The second kappa shape index (κ2) is 6.71. The van der Waals surface area contributed by atoms with E-state index in [9.17, 15) is 4.79 Å². The minimum Gasteiger partial charge on any atom is -0.355 e. The Labute approximate surface area is 115 Å². The molecule has 0 spiro atoms. The van der Waals surface area contributed by atoms with Gasteiger partial charge in [-0.05, 0) is 42.9 Å². The Kier molecular flexibility index (Phi) is 4.97. The van der Waals surface area contributed by atoms with Crippen LogP contribution in [0.15, 0.2) is 24.3 Å². The molecule has 104 valence electrons. The normalized spacial score (nSPS) is 18.2. The predicted molar refractivity (Wildman–Crippen MR) is 78.3 cm³/mol. The van der Waals surface area contributed by atoms with Gasteiger partial charge in [-0.2, -0.15) is 0 Å². The summed E-state index contributed by atoms with van der Waals surface area (Å²) in [5.41, 5.74) is 2.73. The van der Waals surface area contributed by atoms with E-state index in [1.807, 2.05) is 0 Å². The highest BCUT2D eigenvalue weighted by atomic mass is 16.2. The number of carbonyl (C=O) groups excluding carboxylic acids is 1. The Morgan fingerprint density at radius 3 is 2.58 bits per heavy atom. The van der Waals surface area contributed by atoms with Crippen molar-refractivity contribution in [1.82, 2.24) is 10.6 Å². The van der Waals surface area contributed by atoms with Crippen molar-refractivity contribution in [3.63, 3.8) is 0 Å². The fourth-order valence-electron chi connectivity index (χ4n) is 2.21. The fraction of sp³-hybridized carbons (Fsp3) is 0.562. The van der Waals surface area contributed by atoms with Gasteiger partial charge in [0.25, 0.3) is 0 Å². The third-order valence-corrected chi connectivity index (χ3v) is 3.73. The van der Waals surface area contributed by atoms with Gasteiger partial charge in [-0.3, -0.25) is 4.79 Å². The average Bonchev–Trinajstić information content (AvgIpc) is 2.33. The topological polar surface area (TPSA) is 41.1 Å². The van der Waals surface area contributed by atoms with E-state index in [0.29, 0.717) is 5.92 Å². The maximum atomic E-state index is 11.6. The lowest BCUT2D eigenvalue weighted by Gasteiger charge is -2.26. The molecule has 1 aliphatic heterocycles. The van der Waals surface area contributed by atoms with E-state index >= 15 is 0 Å². The van der Waals surface area contributed by atoms with Crippen molar-refractivity contribution >= 4 is 5.91 Å². The lowest BCUT2D eigenvalue weighted by Crippen LogP contribution is -2.53. The molecule has 1 amide bonds. The van der Waals surface area contributed by atoms with Crippen molar-refractivity contribution in [2.45, 2.75) is 45.1 Å². The van der Waals surface area contributed by atoms with Gasteiger partial charge in [0, 0.05) is 6.54 Å². The lowest BCUT2D eigenvalue weighted by molar-refractivity contribution is -0.124. The van der Waals surface area contributed by atoms with E-state index in [-0.39, 0.29) is 11.9 Å². The molecule has 1 aromatic carbocycles. The third-order valence-electron chi connectivity index (χ3n) is 3.73. The third kappa shape index (κ3) is 4.06. The summed E-state index contributed by atoms with van der Waals surface area (Å²) in [6.07, 6.45) is 3.00. The molecule has 0 bridgehead atoms. The predicted octanol–water partition coefficient (Wildman–Crippen LogP) is 2.22. The van der Waals surface area contributed by atoms with E-state index in [2.05, 4.69) is 48.7 Å². The summed E-state index contributed by atoms with van der Waals surface area (Å²) >= 11 is 0. The minimum absolute atomic E-state index is 0.0605. The zero-order valence-corrected chi connectivity index (χ0v) is 11.9. The number of aryl methyl sites for hydroxylation is 1. The fourth-order valence-corrected chi connectivity index (χ4v) is 2.21. The molecule has 3 heteroatoms. The minimum atomic E-state index is 0.0605. The SMILES string of the molecule is CC(C)c1ccc(CCCNC(=O)[C@H]2CCN2)cc1. The highest BCUT2D eigenvalue weighted by Crippen LogP contribution is 2.15. The van der Waals surface area contributed by atoms with Crippen LogP contribution in [0.25, 0.3) is 0 Å². The summed E-state index contributed by atoms with van der Waals surface area (Å²) in [4.78, 5) is 11.6. The molecule has 0 unspecified atom stereocenters. The van der Waals surface area contributed by atoms with Gasteiger partial charge >= 0.3 is 0 Å². The number of hydrogen-bond acceptors (Lipinski definition) is 2. The van der Waals surface area contributed by atoms with Gasteiger partial charge in [0.2, 0.25) is 5.91 Å². The van der Waals surface area contributed by atoms with Gasteiger partial charge in [0.05, 0.1) is 6.04 Å². The van der Waals surface area contributed by atoms with Crippen LogP contribution in [0.1, 0.15) is 43.7 Å². The number of nitrogens with one attached hydrogen (secondary N) is 2. The molecular weight excluding hydrogens is 236 g/mol. The highest BCUT2D eigenvalue weighted by molar-refractivity contribution is 5.82. The molecule has 1 atom stereocenters. The summed E-state index contributed by atoms with van der Waals surface area (Å²) in [6, 6.07) is 8.87. The molecule has 0 aromatic heterocycles. The number of amides is 1. The standard InChI is InChI=1S/C16H24N2O/c1-12(2)14-7-5-13(6-8-14)4-3-10-18-16(19)15-9-11-17-15/h5-8,12,15,17H,3-4,9-11H2,1-2H3,(H,18,19)/t15-/m1/s1. The number of carbonyl (C=O) groups is 1. The van der Waals surface area contributed by atoms with Crippen LogP contribution in [-0.4, -0.2) is 25.0 Å². The molecular formula is C16H24N2O. The summed E-state index contributed by atoms with van der Waals surface area (Å²) < 4.78 is 0. The first kappa shape index (κ1) is 14.1. The lowest BCUT2D eigenvalue weighted by atomic mass is 10.0. The molecule has 0 radical (unpaired) electrons. The van der Waals surface area contributed by atoms with Crippen molar-refractivity contribution in [3.8, 4) is 0 Å². The second-order valence-electron chi connectivity index (χ2n) is 5.59. The summed E-state index contributed by atoms with van der Waals surface area (Å²) in [5.74, 6) is 0.740. The number of rotatable bonds is 6. The highest BCUT2D eigenvalue weighted by Gasteiger charge is 2.23. The molecule has 0 saturated carbocycles. The van der Waals surface area contributed by atoms with Crippen LogP contribution in [0.2, 0.25) is 0 Å². The van der Waals surface area contributed by atoms with Gasteiger partial charge in [-0.15, -0.1) is 0 Å². The molecule has 1 heterocycles. The monoisotopic (exact) mass is 260 g/mol. The summed E-state index contributed by atoms with van der Waals surface area (Å²) in [7, 11) is 0. The van der Waals surface area contributed by atoms with Gasteiger partial charge in [0.15, 0.2) is 0 Å². The zero-order chi connectivity index (χ0) is 13.7. The molecule has 2 rings (SSSR count). The first-order chi connectivity index (χ1) is 9.16. The molecule has 0 aliphatic carbocycles. The van der Waals surface area contributed by atoms with Gasteiger partial charge in [-0.25, -0.2) is 0 Å². The van der Waals surface area contributed by atoms with Crippen LogP contribution in [0.5, 0.6) is 0 Å². The van der Waals surface area contributed by atoms with E-state index in [0.717, 1.165) is 32.4 Å². The van der Waals surface area contributed by atoms with Crippen molar-refractivity contribution in [2.24, 2.45) is 0 Å². The summed E-state index contributed by atoms with van der Waals surface area (Å²) in [6.45, 7) is 6.15. The quantitative estimate of drug-likeness (QED) is 0.770. The zero-order valence-electron chi connectivity index (χ0n) is 11.9. The molecule has 1 saturated heterocycles. The van der Waals surface area contributed by atoms with Crippen LogP contribution >= 0.6 is 0 Å². The van der Waals surface area contributed by atoms with E-state index in [4.69, 9.17) is 0 Å². The first-order valence-electron chi connectivity index (χ1n) is 7.27. The van der Waals surface area contributed by atoms with Crippen molar-refractivity contribution in [3.05, 3.63) is 35.4 Å². The molecule has 19 heavy (non-hydrogen) atoms. The Bertz CT molecular complexity index is 407. The molecule has 2 N–H and O–H groups in total. The van der Waals surface area contributed by atoms with Crippen LogP contribution in [-0.2, 0) is 11.2 Å². The Morgan fingerprint density at radius 2 is 2.05 bits per heavy atom. The van der Waals surface area contributed by atoms with Crippen LogP contribution in [0.3, 0.4) is 0 Å². The molecule has 3 nitrogen and oxygen atoms in total. The van der Waals surface area contributed by atoms with Crippen LogP contribution < -0.4 is 10.6 Å². The Hall–Kier alpha value is -1.35. The van der Waals surface area contributed by atoms with Gasteiger partial charge in [-0.1, -0.05) is 38.1 Å². The average molecular weight is 260 g/mol. The maximum Gasteiger partial charge on any atom is 0.237 e. The van der Waals surface area contributed by atoms with Crippen molar-refractivity contribution in [2.75, 3.05) is 13.1 Å². The molecule has 1 fully saturated rings. The maximum absolute atomic E-state index is 11.6. The Morgan fingerprint density at radius 1 is 1.37 bits per heavy atom. The smallest absolute Gasteiger partial charge is 0.237 e. The largest absolute Gasteiger partial charge is 0.355 e. The first-order valence-corrected chi connectivity index (χ1v) is 7.27. The van der Waals surface area contributed by atoms with Gasteiger partial charge in [0.1, 0.15) is 0 Å². The number of hydrogen-bond donors (Lipinski definition) is 2. The second-order valence-corrected chi connectivity index (χ2v) is 5.59. The van der Waals surface area contributed by atoms with Crippen molar-refractivity contribution in [1.29, 1.82) is 0 Å². The van der Waals surface area contributed by atoms with Gasteiger partial charge < -0.3 is 10.6 Å². The van der Waals surface area contributed by atoms with E-state index in [1.54, 1.807) is 0 Å². The van der Waals surface area contributed by atoms with Crippen LogP contribution in [0, 0.1) is 0 Å². The van der Waals surface area contributed by atoms with E-state index in [1.165, 1.54) is 11.1 Å². The summed E-state index contributed by atoms with van der Waals surface area (Å²) in [5, 5.41) is 6.09. The van der Waals surface area contributed by atoms with Crippen LogP contribution in [0.4, 0.5) is 0 Å². The number of benzene rings is 1. The van der Waals surface area contributed by atoms with E-state index < -0.39 is 0 Å². The van der Waals surface area contributed by atoms with Crippen molar-refractivity contribution < 1.29 is 4.79 Å². The molecule has 1 aromatic rings.